The lowest BCUT2D eigenvalue weighted by Gasteiger charge is -2.16. The number of nitrogens with one attached hydrogen (secondary N) is 1. The maximum Gasteiger partial charge on any atom is 0.283 e. The smallest absolute Gasteiger partial charge is 0.283 e. The first kappa shape index (κ1) is 16.0. The lowest BCUT2D eigenvalue weighted by Crippen LogP contribution is -2.40. The third-order valence-electron chi connectivity index (χ3n) is 2.62. The van der Waals surface area contributed by atoms with Crippen LogP contribution in [0.3, 0.4) is 0 Å². The van der Waals surface area contributed by atoms with Gasteiger partial charge in [-0.25, -0.2) is 21.9 Å². The minimum Gasteiger partial charge on any atom is -0.390 e. The molecule has 0 saturated carbocycles. The summed E-state index contributed by atoms with van der Waals surface area (Å²) in [6, 6.07) is 8.94. The molecule has 19 heavy (non-hydrogen) atoms. The molecule has 0 aliphatic carbocycles. The van der Waals surface area contributed by atoms with Crippen molar-refractivity contribution in [3.05, 3.63) is 35.9 Å². The predicted molar refractivity (Wildman–Crippen MR) is 68.7 cm³/mol. The highest BCUT2D eigenvalue weighted by Gasteiger charge is 2.30. The average molecular weight is 293 g/mol. The molecule has 0 spiro atoms. The van der Waals surface area contributed by atoms with Crippen molar-refractivity contribution in [2.45, 2.75) is 18.8 Å². The van der Waals surface area contributed by atoms with Gasteiger partial charge in [0.05, 0.1) is 12.3 Å². The zero-order chi connectivity index (χ0) is 14.5. The SMILES string of the molecule is CC(CS(=O)(=O)NCC(F)(F)CO)c1ccccc1. The highest BCUT2D eigenvalue weighted by atomic mass is 32.2. The summed E-state index contributed by atoms with van der Waals surface area (Å²) in [6.07, 6.45) is 0. The first-order valence-corrected chi connectivity index (χ1v) is 7.42. The molecule has 108 valence electrons. The molecule has 1 rings (SSSR count). The van der Waals surface area contributed by atoms with Crippen LogP contribution in [0.1, 0.15) is 18.4 Å². The lowest BCUT2D eigenvalue weighted by molar-refractivity contribution is -0.0437. The average Bonchev–Trinajstić information content (AvgIpc) is 2.37. The first-order valence-electron chi connectivity index (χ1n) is 5.77. The van der Waals surface area contributed by atoms with E-state index < -0.39 is 29.1 Å². The monoisotopic (exact) mass is 293 g/mol. The number of benzene rings is 1. The molecule has 0 aromatic heterocycles. The van der Waals surface area contributed by atoms with Gasteiger partial charge in [-0.2, -0.15) is 0 Å². The Morgan fingerprint density at radius 1 is 1.32 bits per heavy atom. The molecule has 1 aromatic rings. The van der Waals surface area contributed by atoms with E-state index in [9.17, 15) is 17.2 Å². The summed E-state index contributed by atoms with van der Waals surface area (Å²) >= 11 is 0. The Bertz CT molecular complexity index is 491. The van der Waals surface area contributed by atoms with Gasteiger partial charge >= 0.3 is 0 Å². The fraction of sp³-hybridized carbons (Fsp3) is 0.500. The van der Waals surface area contributed by atoms with Crippen molar-refractivity contribution in [3.8, 4) is 0 Å². The summed E-state index contributed by atoms with van der Waals surface area (Å²) in [5, 5.41) is 8.37. The summed E-state index contributed by atoms with van der Waals surface area (Å²) in [7, 11) is -3.81. The molecule has 1 unspecified atom stereocenters. The van der Waals surface area contributed by atoms with Gasteiger partial charge in [-0.1, -0.05) is 37.3 Å². The van der Waals surface area contributed by atoms with Gasteiger partial charge < -0.3 is 5.11 Å². The first-order chi connectivity index (χ1) is 8.76. The van der Waals surface area contributed by atoms with E-state index in [4.69, 9.17) is 5.11 Å². The Balaban J connectivity index is 2.60. The van der Waals surface area contributed by atoms with Crippen molar-refractivity contribution in [2.24, 2.45) is 0 Å². The number of halogens is 2. The normalized spacial score (nSPS) is 14.3. The summed E-state index contributed by atoms with van der Waals surface area (Å²) in [4.78, 5) is 0. The van der Waals surface area contributed by atoms with Crippen molar-refractivity contribution < 1.29 is 22.3 Å². The van der Waals surface area contributed by atoms with E-state index >= 15 is 0 Å². The van der Waals surface area contributed by atoms with Crippen LogP contribution in [0.2, 0.25) is 0 Å². The molecule has 7 heteroatoms. The Kier molecular flexibility index (Phi) is 5.39. The minimum atomic E-state index is -3.81. The third-order valence-corrected chi connectivity index (χ3v) is 4.14. The van der Waals surface area contributed by atoms with E-state index in [1.54, 1.807) is 31.2 Å². The molecule has 1 atom stereocenters. The number of aliphatic hydroxyl groups excluding tert-OH is 1. The Morgan fingerprint density at radius 2 is 1.89 bits per heavy atom. The Morgan fingerprint density at radius 3 is 2.42 bits per heavy atom. The summed E-state index contributed by atoms with van der Waals surface area (Å²) in [5.74, 6) is -4.02. The molecule has 0 bridgehead atoms. The molecular formula is C12H17F2NO3S. The molecule has 0 aliphatic heterocycles. The third kappa shape index (κ3) is 5.63. The highest BCUT2D eigenvalue weighted by molar-refractivity contribution is 7.89. The maximum absolute atomic E-state index is 12.8. The van der Waals surface area contributed by atoms with E-state index in [1.165, 1.54) is 0 Å². The van der Waals surface area contributed by atoms with Crippen LogP contribution in [0.4, 0.5) is 8.78 Å². The molecule has 0 saturated heterocycles. The number of hydrogen-bond donors (Lipinski definition) is 2. The predicted octanol–water partition coefficient (Wildman–Crippen LogP) is 1.34. The zero-order valence-corrected chi connectivity index (χ0v) is 11.3. The van der Waals surface area contributed by atoms with Gasteiger partial charge in [-0.3, -0.25) is 0 Å². The van der Waals surface area contributed by atoms with Crippen molar-refractivity contribution in [3.63, 3.8) is 0 Å². The molecule has 1 aromatic carbocycles. The van der Waals surface area contributed by atoms with Gasteiger partial charge in [0.25, 0.3) is 5.92 Å². The molecule has 2 N–H and O–H groups in total. The lowest BCUT2D eigenvalue weighted by atomic mass is 10.0. The van der Waals surface area contributed by atoms with Crippen molar-refractivity contribution in [2.75, 3.05) is 18.9 Å². The molecule has 0 heterocycles. The van der Waals surface area contributed by atoms with E-state index in [1.807, 2.05) is 10.8 Å². The largest absolute Gasteiger partial charge is 0.390 e. The molecule has 0 amide bonds. The highest BCUT2D eigenvalue weighted by Crippen LogP contribution is 2.17. The van der Waals surface area contributed by atoms with Crippen molar-refractivity contribution in [1.29, 1.82) is 0 Å². The summed E-state index contributed by atoms with van der Waals surface area (Å²) in [6.45, 7) is -0.768. The van der Waals surface area contributed by atoms with Crippen LogP contribution >= 0.6 is 0 Å². The molecule has 0 aliphatic rings. The fourth-order valence-corrected chi connectivity index (χ4v) is 2.94. The second-order valence-electron chi connectivity index (χ2n) is 4.43. The number of rotatable bonds is 7. The Hall–Kier alpha value is -1.05. The second-order valence-corrected chi connectivity index (χ2v) is 6.28. The molecule has 0 fully saturated rings. The van der Waals surface area contributed by atoms with Crippen LogP contribution in [0.5, 0.6) is 0 Å². The van der Waals surface area contributed by atoms with Gasteiger partial charge in [-0.05, 0) is 11.5 Å². The van der Waals surface area contributed by atoms with Crippen LogP contribution in [-0.4, -0.2) is 38.4 Å². The molecule has 4 nitrogen and oxygen atoms in total. The van der Waals surface area contributed by atoms with E-state index in [2.05, 4.69) is 0 Å². The van der Waals surface area contributed by atoms with E-state index in [0.29, 0.717) is 0 Å². The van der Waals surface area contributed by atoms with Gasteiger partial charge in [0.15, 0.2) is 0 Å². The van der Waals surface area contributed by atoms with Crippen LogP contribution in [-0.2, 0) is 10.0 Å². The number of aliphatic hydroxyl groups is 1. The minimum absolute atomic E-state index is 0.279. The van der Waals surface area contributed by atoms with Crippen LogP contribution < -0.4 is 4.72 Å². The molecule has 0 radical (unpaired) electrons. The number of alkyl halides is 2. The van der Waals surface area contributed by atoms with E-state index in [0.717, 1.165) is 5.56 Å². The van der Waals surface area contributed by atoms with Crippen molar-refractivity contribution >= 4 is 10.0 Å². The van der Waals surface area contributed by atoms with Gasteiger partial charge in [0, 0.05) is 0 Å². The van der Waals surface area contributed by atoms with Crippen LogP contribution in [0.15, 0.2) is 30.3 Å². The zero-order valence-electron chi connectivity index (χ0n) is 10.5. The van der Waals surface area contributed by atoms with Gasteiger partial charge in [0.2, 0.25) is 10.0 Å². The maximum atomic E-state index is 12.8. The Labute approximate surface area is 111 Å². The second kappa shape index (κ2) is 6.40. The number of hydrogen-bond acceptors (Lipinski definition) is 3. The summed E-state index contributed by atoms with van der Waals surface area (Å²) < 4.78 is 50.6. The van der Waals surface area contributed by atoms with Crippen LogP contribution in [0.25, 0.3) is 0 Å². The van der Waals surface area contributed by atoms with Crippen molar-refractivity contribution in [1.82, 2.24) is 4.72 Å². The van der Waals surface area contributed by atoms with Gasteiger partial charge in [-0.15, -0.1) is 0 Å². The fourth-order valence-electron chi connectivity index (χ4n) is 1.54. The van der Waals surface area contributed by atoms with Gasteiger partial charge in [0.1, 0.15) is 6.61 Å². The summed E-state index contributed by atoms with van der Waals surface area (Å²) in [5.41, 5.74) is 0.821. The topological polar surface area (TPSA) is 66.4 Å². The van der Waals surface area contributed by atoms with E-state index in [-0.39, 0.29) is 11.7 Å². The van der Waals surface area contributed by atoms with Crippen LogP contribution in [0, 0.1) is 0 Å². The quantitative estimate of drug-likeness (QED) is 0.797. The standard InChI is InChI=1S/C12H17F2NO3S/c1-10(11-5-3-2-4-6-11)7-19(17,18)15-8-12(13,14)9-16/h2-6,10,15-16H,7-9H2,1H3. The molecular weight excluding hydrogens is 276 g/mol. The number of sulfonamides is 1.